The minimum absolute atomic E-state index is 0.456. The molecule has 0 aromatic carbocycles. The molecular weight excluding hydrogens is 184 g/mol. The van der Waals surface area contributed by atoms with Crippen LogP contribution >= 0.6 is 0 Å². The van der Waals surface area contributed by atoms with Gasteiger partial charge in [0.15, 0.2) is 0 Å². The number of hydrogen-bond acceptors (Lipinski definition) is 2. The normalized spacial score (nSPS) is 24.0. The molecule has 1 aliphatic heterocycles. The van der Waals surface area contributed by atoms with E-state index in [0.29, 0.717) is 5.54 Å². The molecule has 0 saturated carbocycles. The third-order valence-electron chi connectivity index (χ3n) is 4.10. The summed E-state index contributed by atoms with van der Waals surface area (Å²) in [6.07, 6.45) is 5.35. The molecule has 0 aromatic heterocycles. The third kappa shape index (κ3) is 3.46. The highest BCUT2D eigenvalue weighted by Gasteiger charge is 2.30. The van der Waals surface area contributed by atoms with E-state index in [2.05, 4.69) is 37.6 Å². The fourth-order valence-corrected chi connectivity index (χ4v) is 2.46. The summed E-state index contributed by atoms with van der Waals surface area (Å²) < 4.78 is 0. The Balaban J connectivity index is 2.49. The largest absolute Gasteiger partial charge is 0.304 e. The van der Waals surface area contributed by atoms with Crippen molar-refractivity contribution in [2.24, 2.45) is 0 Å². The van der Waals surface area contributed by atoms with E-state index in [1.807, 2.05) is 0 Å². The highest BCUT2D eigenvalue weighted by atomic mass is 15.3. The van der Waals surface area contributed by atoms with E-state index in [1.54, 1.807) is 0 Å². The van der Waals surface area contributed by atoms with Crippen molar-refractivity contribution in [2.45, 2.75) is 52.0 Å². The average molecular weight is 212 g/mol. The topological polar surface area (TPSA) is 6.48 Å². The van der Waals surface area contributed by atoms with Gasteiger partial charge >= 0.3 is 0 Å². The molecule has 1 heterocycles. The standard InChI is InChI=1S/C13H28N2/c1-5-7-8-13(3,6-2)15-11-9-14(4)10-12-15/h5-12H2,1-4H3. The van der Waals surface area contributed by atoms with E-state index in [-0.39, 0.29) is 0 Å². The fourth-order valence-electron chi connectivity index (χ4n) is 2.46. The van der Waals surface area contributed by atoms with Crippen molar-refractivity contribution in [1.82, 2.24) is 9.80 Å². The van der Waals surface area contributed by atoms with Crippen molar-refractivity contribution < 1.29 is 0 Å². The van der Waals surface area contributed by atoms with Gasteiger partial charge in [-0.25, -0.2) is 0 Å². The van der Waals surface area contributed by atoms with Crippen LogP contribution < -0.4 is 0 Å². The lowest BCUT2D eigenvalue weighted by atomic mass is 9.89. The Labute approximate surface area is 95.6 Å². The molecule has 90 valence electrons. The summed E-state index contributed by atoms with van der Waals surface area (Å²) in [5.41, 5.74) is 0.456. The van der Waals surface area contributed by atoms with Crippen LogP contribution in [-0.2, 0) is 0 Å². The predicted molar refractivity (Wildman–Crippen MR) is 67.3 cm³/mol. The predicted octanol–water partition coefficient (Wildman–Crippen LogP) is 2.59. The summed E-state index contributed by atoms with van der Waals surface area (Å²) in [5, 5.41) is 0. The quantitative estimate of drug-likeness (QED) is 0.691. The average Bonchev–Trinajstić information content (AvgIpc) is 2.27. The maximum Gasteiger partial charge on any atom is 0.0179 e. The van der Waals surface area contributed by atoms with Gasteiger partial charge < -0.3 is 4.90 Å². The van der Waals surface area contributed by atoms with Crippen LogP contribution in [0.2, 0.25) is 0 Å². The molecule has 0 bridgehead atoms. The van der Waals surface area contributed by atoms with Crippen LogP contribution in [0.1, 0.15) is 46.5 Å². The second-order valence-electron chi connectivity index (χ2n) is 5.24. The lowest BCUT2D eigenvalue weighted by Crippen LogP contribution is -2.54. The first-order valence-corrected chi connectivity index (χ1v) is 6.56. The summed E-state index contributed by atoms with van der Waals surface area (Å²) in [6, 6.07) is 0. The van der Waals surface area contributed by atoms with E-state index in [9.17, 15) is 0 Å². The third-order valence-corrected chi connectivity index (χ3v) is 4.10. The number of hydrogen-bond donors (Lipinski definition) is 0. The summed E-state index contributed by atoms with van der Waals surface area (Å²) in [4.78, 5) is 5.15. The van der Waals surface area contributed by atoms with Crippen molar-refractivity contribution in [3.63, 3.8) is 0 Å². The van der Waals surface area contributed by atoms with E-state index in [1.165, 1.54) is 51.9 Å². The molecule has 1 atom stereocenters. The highest BCUT2D eigenvalue weighted by molar-refractivity contribution is 4.87. The first kappa shape index (κ1) is 13.0. The number of piperazine rings is 1. The smallest absolute Gasteiger partial charge is 0.0179 e. The molecule has 2 nitrogen and oxygen atoms in total. The highest BCUT2D eigenvalue weighted by Crippen LogP contribution is 2.26. The zero-order chi connectivity index (χ0) is 11.3. The van der Waals surface area contributed by atoms with Crippen LogP contribution in [0.3, 0.4) is 0 Å². The number of rotatable bonds is 5. The molecule has 0 aliphatic carbocycles. The van der Waals surface area contributed by atoms with Gasteiger partial charge in [0.1, 0.15) is 0 Å². The van der Waals surface area contributed by atoms with Gasteiger partial charge in [-0.2, -0.15) is 0 Å². The lowest BCUT2D eigenvalue weighted by Gasteiger charge is -2.45. The first-order valence-electron chi connectivity index (χ1n) is 6.56. The van der Waals surface area contributed by atoms with Gasteiger partial charge in [-0.1, -0.05) is 26.7 Å². The fraction of sp³-hybridized carbons (Fsp3) is 1.00. The van der Waals surface area contributed by atoms with Crippen LogP contribution in [0, 0.1) is 0 Å². The molecule has 0 aromatic rings. The molecule has 0 radical (unpaired) electrons. The number of likely N-dealkylation sites (N-methyl/N-ethyl adjacent to an activating group) is 1. The van der Waals surface area contributed by atoms with Crippen LogP contribution in [0.15, 0.2) is 0 Å². The van der Waals surface area contributed by atoms with Crippen molar-refractivity contribution >= 4 is 0 Å². The summed E-state index contributed by atoms with van der Waals surface area (Å²) >= 11 is 0. The zero-order valence-electron chi connectivity index (χ0n) is 11.1. The Morgan fingerprint density at radius 3 is 2.13 bits per heavy atom. The minimum Gasteiger partial charge on any atom is -0.304 e. The minimum atomic E-state index is 0.456. The second-order valence-corrected chi connectivity index (χ2v) is 5.24. The van der Waals surface area contributed by atoms with Crippen LogP contribution in [-0.4, -0.2) is 48.6 Å². The Bertz CT molecular complexity index is 173. The van der Waals surface area contributed by atoms with Gasteiger partial charge in [-0.3, -0.25) is 4.90 Å². The van der Waals surface area contributed by atoms with Crippen LogP contribution in [0.25, 0.3) is 0 Å². The summed E-state index contributed by atoms with van der Waals surface area (Å²) in [7, 11) is 2.23. The van der Waals surface area contributed by atoms with Gasteiger partial charge in [0.05, 0.1) is 0 Å². The monoisotopic (exact) mass is 212 g/mol. The molecule has 1 saturated heterocycles. The van der Waals surface area contributed by atoms with Crippen LogP contribution in [0.5, 0.6) is 0 Å². The lowest BCUT2D eigenvalue weighted by molar-refractivity contribution is 0.0408. The van der Waals surface area contributed by atoms with Gasteiger partial charge in [-0.15, -0.1) is 0 Å². The molecule has 2 heteroatoms. The van der Waals surface area contributed by atoms with Gasteiger partial charge in [-0.05, 0) is 26.8 Å². The number of nitrogens with zero attached hydrogens (tertiary/aromatic N) is 2. The molecule has 0 spiro atoms. The maximum absolute atomic E-state index is 2.71. The Morgan fingerprint density at radius 1 is 1.07 bits per heavy atom. The Kier molecular flexibility index (Phi) is 5.07. The first-order chi connectivity index (χ1) is 7.12. The molecule has 0 amide bonds. The van der Waals surface area contributed by atoms with Crippen molar-refractivity contribution in [3.05, 3.63) is 0 Å². The molecule has 1 rings (SSSR count). The number of unbranched alkanes of at least 4 members (excludes halogenated alkanes) is 1. The van der Waals surface area contributed by atoms with Gasteiger partial charge in [0, 0.05) is 31.7 Å². The second kappa shape index (κ2) is 5.86. The molecule has 0 N–H and O–H groups in total. The maximum atomic E-state index is 2.71. The van der Waals surface area contributed by atoms with Gasteiger partial charge in [0.25, 0.3) is 0 Å². The zero-order valence-corrected chi connectivity index (χ0v) is 11.1. The van der Waals surface area contributed by atoms with Crippen molar-refractivity contribution in [2.75, 3.05) is 33.2 Å². The summed E-state index contributed by atoms with van der Waals surface area (Å²) in [5.74, 6) is 0. The van der Waals surface area contributed by atoms with Crippen molar-refractivity contribution in [1.29, 1.82) is 0 Å². The van der Waals surface area contributed by atoms with E-state index in [0.717, 1.165) is 0 Å². The molecule has 1 unspecified atom stereocenters. The van der Waals surface area contributed by atoms with Gasteiger partial charge in [0.2, 0.25) is 0 Å². The Hall–Kier alpha value is -0.0800. The van der Waals surface area contributed by atoms with Crippen molar-refractivity contribution in [3.8, 4) is 0 Å². The molecular formula is C13H28N2. The van der Waals surface area contributed by atoms with E-state index < -0.39 is 0 Å². The SMILES string of the molecule is CCCCC(C)(CC)N1CCN(C)CC1. The molecule has 15 heavy (non-hydrogen) atoms. The van der Waals surface area contributed by atoms with E-state index in [4.69, 9.17) is 0 Å². The summed E-state index contributed by atoms with van der Waals surface area (Å²) in [6.45, 7) is 12.1. The molecule has 1 fully saturated rings. The van der Waals surface area contributed by atoms with E-state index >= 15 is 0 Å². The van der Waals surface area contributed by atoms with Crippen LogP contribution in [0.4, 0.5) is 0 Å². The molecule has 1 aliphatic rings. The Morgan fingerprint density at radius 2 is 1.67 bits per heavy atom.